The minimum atomic E-state index is -3.37. The van der Waals surface area contributed by atoms with Crippen molar-refractivity contribution < 1.29 is 8.42 Å². The average Bonchev–Trinajstić information content (AvgIpc) is 2.26. The van der Waals surface area contributed by atoms with Crippen molar-refractivity contribution in [3.05, 3.63) is 29.3 Å². The Labute approximate surface area is 125 Å². The molecule has 0 amide bonds. The molecule has 0 saturated carbocycles. The van der Waals surface area contributed by atoms with E-state index in [4.69, 9.17) is 17.3 Å². The van der Waals surface area contributed by atoms with Crippen LogP contribution in [0.1, 0.15) is 20.8 Å². The molecule has 112 valence electrons. The molecule has 0 bridgehead atoms. The number of guanidine groups is 1. The summed E-state index contributed by atoms with van der Waals surface area (Å²) in [7, 11) is -3.37. The Morgan fingerprint density at radius 2 is 1.85 bits per heavy atom. The van der Waals surface area contributed by atoms with Gasteiger partial charge in [-0.05, 0) is 45.0 Å². The van der Waals surface area contributed by atoms with E-state index in [0.29, 0.717) is 5.02 Å². The molecule has 1 aromatic carbocycles. The minimum absolute atomic E-state index is 0.0961. The number of nitrogens with zero attached hydrogens (tertiary/aromatic N) is 1. The van der Waals surface area contributed by atoms with Crippen molar-refractivity contribution in [3.8, 4) is 0 Å². The van der Waals surface area contributed by atoms with Crippen molar-refractivity contribution in [2.45, 2.75) is 31.2 Å². The fourth-order valence-corrected chi connectivity index (χ4v) is 2.71. The van der Waals surface area contributed by atoms with Gasteiger partial charge in [0.05, 0.1) is 17.2 Å². The molecule has 0 atom stereocenters. The number of nitrogens with one attached hydrogen (secondary N) is 1. The molecule has 0 spiro atoms. The van der Waals surface area contributed by atoms with Gasteiger partial charge in [-0.15, -0.1) is 0 Å². The molecule has 0 aliphatic carbocycles. The number of benzene rings is 1. The van der Waals surface area contributed by atoms with E-state index < -0.39 is 9.84 Å². The van der Waals surface area contributed by atoms with Crippen LogP contribution in [0.4, 0.5) is 0 Å². The molecule has 20 heavy (non-hydrogen) atoms. The molecule has 0 aliphatic heterocycles. The Kier molecular flexibility index (Phi) is 5.42. The Bertz CT molecular complexity index is 575. The summed E-state index contributed by atoms with van der Waals surface area (Å²) in [5.41, 5.74) is 5.47. The number of hydrogen-bond donors (Lipinski definition) is 2. The molecule has 5 nitrogen and oxygen atoms in total. The van der Waals surface area contributed by atoms with Gasteiger partial charge in [0, 0.05) is 10.6 Å². The summed E-state index contributed by atoms with van der Waals surface area (Å²) in [5, 5.41) is 3.47. The molecule has 0 fully saturated rings. The van der Waals surface area contributed by atoms with Gasteiger partial charge in [-0.3, -0.25) is 4.99 Å². The van der Waals surface area contributed by atoms with Gasteiger partial charge in [0.15, 0.2) is 15.8 Å². The highest BCUT2D eigenvalue weighted by Crippen LogP contribution is 2.15. The molecule has 0 heterocycles. The second-order valence-electron chi connectivity index (χ2n) is 5.41. The van der Waals surface area contributed by atoms with E-state index in [1.165, 1.54) is 12.1 Å². The van der Waals surface area contributed by atoms with E-state index in [-0.39, 0.29) is 28.7 Å². The second-order valence-corrected chi connectivity index (χ2v) is 7.96. The fourth-order valence-electron chi connectivity index (χ4n) is 1.47. The second kappa shape index (κ2) is 6.45. The molecule has 1 aromatic rings. The molecule has 0 aromatic heterocycles. The van der Waals surface area contributed by atoms with Crippen LogP contribution in [-0.2, 0) is 9.84 Å². The van der Waals surface area contributed by atoms with Gasteiger partial charge in [0.25, 0.3) is 0 Å². The van der Waals surface area contributed by atoms with Crippen molar-refractivity contribution in [1.29, 1.82) is 0 Å². The summed E-state index contributed by atoms with van der Waals surface area (Å²) in [5.74, 6) is 0.144. The van der Waals surface area contributed by atoms with Crippen LogP contribution in [0.3, 0.4) is 0 Å². The lowest BCUT2D eigenvalue weighted by Gasteiger charge is -2.20. The molecule has 0 unspecified atom stereocenters. The third-order valence-corrected chi connectivity index (χ3v) is 4.28. The van der Waals surface area contributed by atoms with Crippen LogP contribution in [-0.4, -0.2) is 32.2 Å². The molecule has 0 radical (unpaired) electrons. The maximum absolute atomic E-state index is 12.0. The molecular weight excluding hydrogens is 298 g/mol. The monoisotopic (exact) mass is 317 g/mol. The summed E-state index contributed by atoms with van der Waals surface area (Å²) in [6.45, 7) is 5.94. The Hall–Kier alpha value is -1.27. The lowest BCUT2D eigenvalue weighted by molar-refractivity contribution is 0.508. The van der Waals surface area contributed by atoms with Crippen LogP contribution < -0.4 is 11.1 Å². The average molecular weight is 318 g/mol. The Morgan fingerprint density at radius 1 is 1.30 bits per heavy atom. The fraction of sp³-hybridized carbons (Fsp3) is 0.462. The first-order chi connectivity index (χ1) is 9.10. The van der Waals surface area contributed by atoms with E-state index in [9.17, 15) is 8.42 Å². The van der Waals surface area contributed by atoms with E-state index in [2.05, 4.69) is 10.3 Å². The highest BCUT2D eigenvalue weighted by Gasteiger charge is 2.14. The summed E-state index contributed by atoms with van der Waals surface area (Å²) in [4.78, 5) is 4.25. The first kappa shape index (κ1) is 16.8. The van der Waals surface area contributed by atoms with Crippen molar-refractivity contribution in [3.63, 3.8) is 0 Å². The number of hydrogen-bond acceptors (Lipinski definition) is 3. The maximum Gasteiger partial charge on any atom is 0.189 e. The zero-order chi connectivity index (χ0) is 15.4. The number of halogens is 1. The quantitative estimate of drug-likeness (QED) is 0.655. The first-order valence-electron chi connectivity index (χ1n) is 6.16. The summed E-state index contributed by atoms with van der Waals surface area (Å²) in [6, 6.07) is 6.07. The van der Waals surface area contributed by atoms with Crippen molar-refractivity contribution in [1.82, 2.24) is 5.32 Å². The van der Waals surface area contributed by atoms with Gasteiger partial charge < -0.3 is 11.1 Å². The molecule has 0 aliphatic rings. The normalized spacial score (nSPS) is 13.3. The highest BCUT2D eigenvalue weighted by molar-refractivity contribution is 7.91. The Balaban J connectivity index is 2.65. The maximum atomic E-state index is 12.0. The van der Waals surface area contributed by atoms with Crippen LogP contribution in [0, 0.1) is 0 Å². The van der Waals surface area contributed by atoms with E-state index in [1.807, 2.05) is 20.8 Å². The Morgan fingerprint density at radius 3 is 2.35 bits per heavy atom. The number of sulfone groups is 1. The van der Waals surface area contributed by atoms with Crippen molar-refractivity contribution in [2.75, 3.05) is 12.3 Å². The van der Waals surface area contributed by atoms with Gasteiger partial charge in [-0.25, -0.2) is 8.42 Å². The molecule has 0 saturated heterocycles. The predicted octanol–water partition coefficient (Wildman–Crippen LogP) is 1.82. The van der Waals surface area contributed by atoms with Gasteiger partial charge in [-0.1, -0.05) is 11.6 Å². The van der Waals surface area contributed by atoms with E-state index in [0.717, 1.165) is 0 Å². The van der Waals surface area contributed by atoms with Crippen LogP contribution in [0.5, 0.6) is 0 Å². The van der Waals surface area contributed by atoms with Crippen LogP contribution in [0.2, 0.25) is 5.02 Å². The SMILES string of the molecule is CC(C)(C)NC(N)=NCCS(=O)(=O)c1ccc(Cl)cc1. The van der Waals surface area contributed by atoms with Crippen molar-refractivity contribution in [2.24, 2.45) is 10.7 Å². The number of rotatable bonds is 4. The van der Waals surface area contributed by atoms with Crippen LogP contribution in [0.25, 0.3) is 0 Å². The van der Waals surface area contributed by atoms with Gasteiger partial charge in [-0.2, -0.15) is 0 Å². The largest absolute Gasteiger partial charge is 0.370 e. The number of aliphatic imine (C=N–C) groups is 1. The van der Waals surface area contributed by atoms with Gasteiger partial charge in [0.1, 0.15) is 0 Å². The van der Waals surface area contributed by atoms with Crippen LogP contribution in [0.15, 0.2) is 34.2 Å². The minimum Gasteiger partial charge on any atom is -0.370 e. The summed E-state index contributed by atoms with van der Waals surface area (Å²) >= 11 is 5.73. The highest BCUT2D eigenvalue weighted by atomic mass is 35.5. The van der Waals surface area contributed by atoms with Crippen LogP contribution >= 0.6 is 11.6 Å². The molecule has 1 rings (SSSR count). The standard InChI is InChI=1S/C13H20ClN3O2S/c1-13(2,3)17-12(15)16-8-9-20(18,19)11-6-4-10(14)5-7-11/h4-7H,8-9H2,1-3H3,(H3,15,16,17). The molecule has 3 N–H and O–H groups in total. The summed E-state index contributed by atoms with van der Waals surface area (Å²) < 4.78 is 24.1. The smallest absolute Gasteiger partial charge is 0.189 e. The number of nitrogens with two attached hydrogens (primary N) is 1. The zero-order valence-corrected chi connectivity index (χ0v) is 13.4. The van der Waals surface area contributed by atoms with Gasteiger partial charge >= 0.3 is 0 Å². The summed E-state index contributed by atoms with van der Waals surface area (Å²) in [6.07, 6.45) is 0. The lowest BCUT2D eigenvalue weighted by Crippen LogP contribution is -2.45. The third kappa shape index (κ3) is 5.79. The predicted molar refractivity (Wildman–Crippen MR) is 82.9 cm³/mol. The molecule has 7 heteroatoms. The first-order valence-corrected chi connectivity index (χ1v) is 8.20. The third-order valence-electron chi connectivity index (χ3n) is 2.32. The molecular formula is C13H20ClN3O2S. The zero-order valence-electron chi connectivity index (χ0n) is 11.9. The topological polar surface area (TPSA) is 84.5 Å². The lowest BCUT2D eigenvalue weighted by atomic mass is 10.1. The van der Waals surface area contributed by atoms with E-state index in [1.54, 1.807) is 12.1 Å². The van der Waals surface area contributed by atoms with E-state index >= 15 is 0 Å². The van der Waals surface area contributed by atoms with Crippen molar-refractivity contribution >= 4 is 27.4 Å². The van der Waals surface area contributed by atoms with Gasteiger partial charge in [0.2, 0.25) is 0 Å².